The van der Waals surface area contributed by atoms with E-state index in [4.69, 9.17) is 4.98 Å². The molecule has 7 nitrogen and oxygen atoms in total. The highest BCUT2D eigenvalue weighted by molar-refractivity contribution is 6.05. The lowest BCUT2D eigenvalue weighted by Crippen LogP contribution is -2.45. The second kappa shape index (κ2) is 9.28. The van der Waals surface area contributed by atoms with Gasteiger partial charge >= 0.3 is 0 Å². The summed E-state index contributed by atoms with van der Waals surface area (Å²) in [5.41, 5.74) is 4.66. The zero-order valence-electron chi connectivity index (χ0n) is 19.8. The maximum absolute atomic E-state index is 13.3. The van der Waals surface area contributed by atoms with Crippen LogP contribution in [0.15, 0.2) is 36.5 Å². The van der Waals surface area contributed by atoms with Crippen LogP contribution in [-0.4, -0.2) is 58.8 Å². The van der Waals surface area contributed by atoms with Gasteiger partial charge in [0.05, 0.1) is 17.1 Å². The number of para-hydroxylation sites is 1. The molecule has 7 heteroatoms. The first-order chi connectivity index (χ1) is 15.3. The van der Waals surface area contributed by atoms with E-state index < -0.39 is 0 Å². The largest absolute Gasteiger partial charge is 0.369 e. The van der Waals surface area contributed by atoms with E-state index in [1.165, 1.54) is 5.69 Å². The Morgan fingerprint density at radius 1 is 1.09 bits per heavy atom. The van der Waals surface area contributed by atoms with Crippen LogP contribution in [0, 0.1) is 0 Å². The van der Waals surface area contributed by atoms with E-state index in [0.29, 0.717) is 12.1 Å². The Morgan fingerprint density at radius 3 is 2.50 bits per heavy atom. The third-order valence-electron chi connectivity index (χ3n) is 6.19. The molecule has 1 N–H and O–H groups in total. The predicted molar refractivity (Wildman–Crippen MR) is 129 cm³/mol. The maximum Gasteiger partial charge on any atom is 0.252 e. The standard InChI is InChI=1S/C25H34N6O/c1-17(2)22-14-20(21-16-27-31(18(3)4)24(21)28-22)25(32)26-15-19-8-6-7-9-23(19)30-12-10-29(5)11-13-30/h6-9,14,16-18H,10-13,15H2,1-5H3,(H,26,32). The van der Waals surface area contributed by atoms with Gasteiger partial charge in [-0.2, -0.15) is 5.10 Å². The van der Waals surface area contributed by atoms with Gasteiger partial charge in [-0.25, -0.2) is 9.67 Å². The lowest BCUT2D eigenvalue weighted by atomic mass is 10.0. The molecule has 1 fully saturated rings. The van der Waals surface area contributed by atoms with Crippen LogP contribution in [0.3, 0.4) is 0 Å². The fourth-order valence-electron chi connectivity index (χ4n) is 4.19. The van der Waals surface area contributed by atoms with Gasteiger partial charge in [0.15, 0.2) is 5.65 Å². The number of amides is 1. The Hall–Kier alpha value is -2.93. The number of carbonyl (C=O) groups is 1. The van der Waals surface area contributed by atoms with Crippen molar-refractivity contribution >= 4 is 22.6 Å². The first-order valence-corrected chi connectivity index (χ1v) is 11.5. The Balaban J connectivity index is 1.59. The number of piperazine rings is 1. The summed E-state index contributed by atoms with van der Waals surface area (Å²) in [5.74, 6) is 0.134. The van der Waals surface area contributed by atoms with Gasteiger partial charge in [-0.05, 0) is 44.5 Å². The summed E-state index contributed by atoms with van der Waals surface area (Å²) < 4.78 is 1.89. The highest BCUT2D eigenvalue weighted by Gasteiger charge is 2.20. The Kier molecular flexibility index (Phi) is 6.46. The molecule has 170 valence electrons. The first kappa shape index (κ1) is 22.3. The fraction of sp³-hybridized carbons (Fsp3) is 0.480. The van der Waals surface area contributed by atoms with Gasteiger partial charge in [0.1, 0.15) is 0 Å². The van der Waals surface area contributed by atoms with Gasteiger partial charge < -0.3 is 15.1 Å². The topological polar surface area (TPSA) is 66.3 Å². The number of anilines is 1. The minimum absolute atomic E-state index is 0.0872. The molecule has 4 rings (SSSR count). The Bertz CT molecular complexity index is 1100. The van der Waals surface area contributed by atoms with Crippen molar-refractivity contribution in [2.75, 3.05) is 38.1 Å². The number of nitrogens with zero attached hydrogens (tertiary/aromatic N) is 5. The van der Waals surface area contributed by atoms with Crippen molar-refractivity contribution in [3.8, 4) is 0 Å². The molecule has 32 heavy (non-hydrogen) atoms. The Morgan fingerprint density at radius 2 is 1.81 bits per heavy atom. The molecule has 0 aliphatic carbocycles. The van der Waals surface area contributed by atoms with Crippen molar-refractivity contribution in [2.45, 2.75) is 46.2 Å². The van der Waals surface area contributed by atoms with Gasteiger partial charge in [0, 0.05) is 50.1 Å². The molecule has 2 aromatic heterocycles. The van der Waals surface area contributed by atoms with Crippen LogP contribution < -0.4 is 10.2 Å². The number of carbonyl (C=O) groups excluding carboxylic acids is 1. The summed E-state index contributed by atoms with van der Waals surface area (Å²) in [6.45, 7) is 12.9. The molecule has 1 saturated heterocycles. The van der Waals surface area contributed by atoms with Crippen LogP contribution >= 0.6 is 0 Å². The van der Waals surface area contributed by atoms with Gasteiger partial charge in [0.25, 0.3) is 5.91 Å². The van der Waals surface area contributed by atoms with E-state index in [-0.39, 0.29) is 17.9 Å². The quantitative estimate of drug-likeness (QED) is 0.639. The van der Waals surface area contributed by atoms with E-state index in [1.807, 2.05) is 16.8 Å². The number of hydrogen-bond donors (Lipinski definition) is 1. The number of hydrogen-bond acceptors (Lipinski definition) is 5. The van der Waals surface area contributed by atoms with E-state index in [9.17, 15) is 4.79 Å². The van der Waals surface area contributed by atoms with Crippen LogP contribution in [0.4, 0.5) is 5.69 Å². The molecule has 1 aliphatic heterocycles. The highest BCUT2D eigenvalue weighted by Crippen LogP contribution is 2.25. The van der Waals surface area contributed by atoms with Crippen molar-refractivity contribution in [3.63, 3.8) is 0 Å². The zero-order valence-corrected chi connectivity index (χ0v) is 19.8. The third-order valence-corrected chi connectivity index (χ3v) is 6.19. The minimum Gasteiger partial charge on any atom is -0.369 e. The average molecular weight is 435 g/mol. The molecule has 0 radical (unpaired) electrons. The smallest absolute Gasteiger partial charge is 0.252 e. The lowest BCUT2D eigenvalue weighted by Gasteiger charge is -2.35. The zero-order chi connectivity index (χ0) is 22.8. The van der Waals surface area contributed by atoms with Gasteiger partial charge in [0.2, 0.25) is 0 Å². The van der Waals surface area contributed by atoms with Gasteiger partial charge in [-0.1, -0.05) is 32.0 Å². The molecule has 0 atom stereocenters. The predicted octanol–water partition coefficient (Wildman–Crippen LogP) is 3.82. The number of benzene rings is 1. The molecule has 1 aliphatic rings. The van der Waals surface area contributed by atoms with Gasteiger partial charge in [-0.15, -0.1) is 0 Å². The summed E-state index contributed by atoms with van der Waals surface area (Å²) >= 11 is 0. The van der Waals surface area contributed by atoms with Crippen LogP contribution in [0.2, 0.25) is 0 Å². The van der Waals surface area contributed by atoms with Crippen molar-refractivity contribution in [1.29, 1.82) is 0 Å². The van der Waals surface area contributed by atoms with Crippen LogP contribution in [0.1, 0.15) is 61.3 Å². The van der Waals surface area contributed by atoms with Crippen molar-refractivity contribution < 1.29 is 4.79 Å². The molecular weight excluding hydrogens is 400 g/mol. The van der Waals surface area contributed by atoms with Crippen LogP contribution in [-0.2, 0) is 6.54 Å². The summed E-state index contributed by atoms with van der Waals surface area (Å²) in [6, 6.07) is 10.5. The molecular formula is C25H34N6O. The molecule has 0 saturated carbocycles. The minimum atomic E-state index is -0.0872. The second-order valence-corrected chi connectivity index (χ2v) is 9.27. The monoisotopic (exact) mass is 434 g/mol. The third kappa shape index (κ3) is 4.48. The summed E-state index contributed by atoms with van der Waals surface area (Å²) in [5, 5.41) is 8.46. The van der Waals surface area contributed by atoms with Gasteiger partial charge in [-0.3, -0.25) is 4.79 Å². The number of likely N-dealkylation sites (N-methyl/N-ethyl adjacent to an activating group) is 1. The lowest BCUT2D eigenvalue weighted by molar-refractivity contribution is 0.0952. The molecule has 3 aromatic rings. The Labute approximate surface area is 190 Å². The molecule has 1 aromatic carbocycles. The van der Waals surface area contributed by atoms with Crippen LogP contribution in [0.25, 0.3) is 11.0 Å². The van der Waals surface area contributed by atoms with E-state index >= 15 is 0 Å². The summed E-state index contributed by atoms with van der Waals surface area (Å²) in [4.78, 5) is 22.9. The van der Waals surface area contributed by atoms with E-state index in [2.05, 4.69) is 73.2 Å². The average Bonchev–Trinajstić information content (AvgIpc) is 3.22. The maximum atomic E-state index is 13.3. The highest BCUT2D eigenvalue weighted by atomic mass is 16.1. The number of fused-ring (bicyclic) bond motifs is 1. The summed E-state index contributed by atoms with van der Waals surface area (Å²) in [6.07, 6.45) is 1.76. The first-order valence-electron chi connectivity index (χ1n) is 11.5. The summed E-state index contributed by atoms with van der Waals surface area (Å²) in [7, 11) is 2.16. The van der Waals surface area contributed by atoms with E-state index in [0.717, 1.165) is 48.5 Å². The number of rotatable bonds is 6. The molecule has 0 bridgehead atoms. The van der Waals surface area contributed by atoms with Crippen molar-refractivity contribution in [2.24, 2.45) is 0 Å². The van der Waals surface area contributed by atoms with Crippen LogP contribution in [0.5, 0.6) is 0 Å². The molecule has 1 amide bonds. The molecule has 0 spiro atoms. The molecule has 0 unspecified atom stereocenters. The van der Waals surface area contributed by atoms with E-state index in [1.54, 1.807) is 6.20 Å². The second-order valence-electron chi connectivity index (χ2n) is 9.27. The van der Waals surface area contributed by atoms with Crippen molar-refractivity contribution in [3.05, 3.63) is 53.3 Å². The number of pyridine rings is 1. The molecule has 3 heterocycles. The van der Waals surface area contributed by atoms with Crippen molar-refractivity contribution in [1.82, 2.24) is 25.0 Å². The number of aromatic nitrogens is 3. The normalized spacial score (nSPS) is 15.2. The number of nitrogens with one attached hydrogen (secondary N) is 1. The fourth-order valence-corrected chi connectivity index (χ4v) is 4.19. The SMILES string of the molecule is CC(C)c1cc(C(=O)NCc2ccccc2N2CCN(C)CC2)c2cnn(C(C)C)c2n1.